The summed E-state index contributed by atoms with van der Waals surface area (Å²) in [6.07, 6.45) is 0.997. The molecule has 5 heteroatoms. The van der Waals surface area contributed by atoms with E-state index < -0.39 is 0 Å². The molecule has 0 unspecified atom stereocenters. The lowest BCUT2D eigenvalue weighted by Gasteiger charge is -2.12. The largest absolute Gasteiger partial charge is 0.384 e. The fourth-order valence-corrected chi connectivity index (χ4v) is 1.77. The average Bonchev–Trinajstić information content (AvgIpc) is 2.41. The van der Waals surface area contributed by atoms with Gasteiger partial charge in [-0.2, -0.15) is 0 Å². The van der Waals surface area contributed by atoms with E-state index in [1.54, 1.807) is 0 Å². The van der Waals surface area contributed by atoms with Gasteiger partial charge < -0.3 is 16.0 Å². The van der Waals surface area contributed by atoms with Crippen LogP contribution in [-0.2, 0) is 4.79 Å². The summed E-state index contributed by atoms with van der Waals surface area (Å²) >= 11 is 0. The molecule has 0 radical (unpaired) electrons. The highest BCUT2D eigenvalue weighted by atomic mass is 16.2. The van der Waals surface area contributed by atoms with Crippen LogP contribution in [0.3, 0.4) is 0 Å². The Morgan fingerprint density at radius 2 is 1.80 bits per heavy atom. The maximum absolute atomic E-state index is 12.2. The first-order valence-electron chi connectivity index (χ1n) is 6.91. The van der Waals surface area contributed by atoms with E-state index in [0.717, 1.165) is 24.2 Å². The Kier molecular flexibility index (Phi) is 6.56. The molecule has 0 bridgehead atoms. The van der Waals surface area contributed by atoms with Crippen molar-refractivity contribution < 1.29 is 9.59 Å². The van der Waals surface area contributed by atoms with Gasteiger partial charge in [-0.15, -0.1) is 0 Å². The number of hydrogen-bond acceptors (Lipinski definition) is 3. The molecule has 1 aromatic carbocycles. The Hall–Kier alpha value is -2.04. The van der Waals surface area contributed by atoms with Crippen LogP contribution in [0.1, 0.15) is 36.2 Å². The molecule has 110 valence electrons. The maximum Gasteiger partial charge on any atom is 0.253 e. The first kappa shape index (κ1) is 16.0. The Morgan fingerprint density at radius 1 is 1.10 bits per heavy atom. The van der Waals surface area contributed by atoms with E-state index in [1.807, 2.05) is 25.1 Å². The molecule has 1 aromatic rings. The molecule has 1 rings (SSSR count). The number of amides is 2. The molecule has 0 heterocycles. The van der Waals surface area contributed by atoms with Gasteiger partial charge in [-0.3, -0.25) is 9.59 Å². The van der Waals surface area contributed by atoms with Gasteiger partial charge in [0.05, 0.1) is 5.56 Å². The fourth-order valence-electron chi connectivity index (χ4n) is 1.77. The van der Waals surface area contributed by atoms with Gasteiger partial charge in [-0.1, -0.05) is 18.6 Å². The second kappa shape index (κ2) is 8.19. The zero-order valence-electron chi connectivity index (χ0n) is 12.4. The van der Waals surface area contributed by atoms with Crippen LogP contribution in [0.4, 0.5) is 5.69 Å². The van der Waals surface area contributed by atoms with Crippen molar-refractivity contribution in [3.63, 3.8) is 0 Å². The van der Waals surface area contributed by atoms with Crippen molar-refractivity contribution >= 4 is 17.5 Å². The van der Waals surface area contributed by atoms with Gasteiger partial charge in [-0.25, -0.2) is 0 Å². The summed E-state index contributed by atoms with van der Waals surface area (Å²) in [5, 5.41) is 8.70. The summed E-state index contributed by atoms with van der Waals surface area (Å²) in [6.45, 7) is 7.17. The van der Waals surface area contributed by atoms with Crippen LogP contribution in [0.25, 0.3) is 0 Å². The van der Waals surface area contributed by atoms with E-state index in [9.17, 15) is 9.59 Å². The van der Waals surface area contributed by atoms with Crippen LogP contribution in [-0.4, -0.2) is 31.4 Å². The van der Waals surface area contributed by atoms with Crippen LogP contribution in [0.5, 0.6) is 0 Å². The second-order valence-electron chi connectivity index (χ2n) is 4.71. The zero-order chi connectivity index (χ0) is 15.0. The van der Waals surface area contributed by atoms with Crippen LogP contribution in [0, 0.1) is 6.92 Å². The van der Waals surface area contributed by atoms with E-state index in [4.69, 9.17) is 0 Å². The molecule has 0 spiro atoms. The minimum Gasteiger partial charge on any atom is -0.384 e. The molecule has 5 nitrogen and oxygen atoms in total. The third-order valence-corrected chi connectivity index (χ3v) is 2.77. The van der Waals surface area contributed by atoms with Gasteiger partial charge in [0.2, 0.25) is 5.91 Å². The number of hydrogen-bond donors (Lipinski definition) is 3. The summed E-state index contributed by atoms with van der Waals surface area (Å²) in [5.41, 5.74) is 2.52. The molecule has 0 aromatic heterocycles. The third kappa shape index (κ3) is 5.30. The van der Waals surface area contributed by atoms with Gasteiger partial charge in [0.25, 0.3) is 5.91 Å². The van der Waals surface area contributed by atoms with Gasteiger partial charge in [0, 0.05) is 32.2 Å². The molecule has 0 saturated heterocycles. The molecule has 0 aliphatic carbocycles. The minimum atomic E-state index is -0.127. The highest BCUT2D eigenvalue weighted by molar-refractivity contribution is 5.99. The third-order valence-electron chi connectivity index (χ3n) is 2.77. The molecule has 0 aliphatic rings. The molecule has 0 fully saturated rings. The van der Waals surface area contributed by atoms with Crippen molar-refractivity contribution in [2.24, 2.45) is 0 Å². The summed E-state index contributed by atoms with van der Waals surface area (Å²) in [5.74, 6) is -0.224. The Balaban J connectivity index is 2.65. The topological polar surface area (TPSA) is 70.2 Å². The summed E-state index contributed by atoms with van der Waals surface area (Å²) in [7, 11) is 0. The Morgan fingerprint density at radius 3 is 2.45 bits per heavy atom. The molecule has 0 atom stereocenters. The van der Waals surface area contributed by atoms with Crippen molar-refractivity contribution in [2.75, 3.05) is 25.0 Å². The molecular formula is C15H23N3O2. The van der Waals surface area contributed by atoms with Crippen molar-refractivity contribution in [3.8, 4) is 0 Å². The number of nitrogens with one attached hydrogen (secondary N) is 3. The zero-order valence-corrected chi connectivity index (χ0v) is 12.4. The molecule has 0 aliphatic heterocycles. The lowest BCUT2D eigenvalue weighted by atomic mass is 10.1. The normalized spacial score (nSPS) is 9.95. The number of aryl methyl sites for hydroxylation is 1. The first-order chi connectivity index (χ1) is 9.54. The van der Waals surface area contributed by atoms with Crippen molar-refractivity contribution in [1.82, 2.24) is 10.6 Å². The monoisotopic (exact) mass is 277 g/mol. The van der Waals surface area contributed by atoms with Gasteiger partial charge in [0.1, 0.15) is 0 Å². The number of benzene rings is 1. The predicted octanol–water partition coefficient (Wildman–Crippen LogP) is 1.68. The number of anilines is 1. The van der Waals surface area contributed by atoms with Crippen LogP contribution in [0.2, 0.25) is 0 Å². The molecule has 0 saturated carbocycles. The smallest absolute Gasteiger partial charge is 0.253 e. The lowest BCUT2D eigenvalue weighted by Crippen LogP contribution is -2.34. The summed E-state index contributed by atoms with van der Waals surface area (Å²) in [6, 6.07) is 5.77. The van der Waals surface area contributed by atoms with Crippen LogP contribution >= 0.6 is 0 Å². The van der Waals surface area contributed by atoms with E-state index in [0.29, 0.717) is 18.7 Å². The Bertz CT molecular complexity index is 472. The standard InChI is InChI=1S/C15H23N3O2/c1-4-7-17-14-6-5-11(2)10-13(14)15(20)18-9-8-16-12(3)19/h5-6,10,17H,4,7-9H2,1-3H3,(H,16,19)(H,18,20). The number of carbonyl (C=O) groups excluding carboxylic acids is 2. The van der Waals surface area contributed by atoms with Crippen molar-refractivity contribution in [2.45, 2.75) is 27.2 Å². The molecule has 3 N–H and O–H groups in total. The highest BCUT2D eigenvalue weighted by Crippen LogP contribution is 2.17. The minimum absolute atomic E-state index is 0.0971. The van der Waals surface area contributed by atoms with Gasteiger partial charge in [-0.05, 0) is 25.5 Å². The predicted molar refractivity (Wildman–Crippen MR) is 81.0 cm³/mol. The fraction of sp³-hybridized carbons (Fsp3) is 0.467. The number of carbonyl (C=O) groups is 2. The highest BCUT2D eigenvalue weighted by Gasteiger charge is 2.10. The van der Waals surface area contributed by atoms with Crippen molar-refractivity contribution in [3.05, 3.63) is 29.3 Å². The summed E-state index contributed by atoms with van der Waals surface area (Å²) in [4.78, 5) is 22.9. The van der Waals surface area contributed by atoms with E-state index in [2.05, 4.69) is 22.9 Å². The quantitative estimate of drug-likeness (QED) is 0.664. The SMILES string of the molecule is CCCNc1ccc(C)cc1C(=O)NCCNC(C)=O. The van der Waals surface area contributed by atoms with E-state index in [1.165, 1.54) is 6.92 Å². The first-order valence-corrected chi connectivity index (χ1v) is 6.91. The second-order valence-corrected chi connectivity index (χ2v) is 4.71. The van der Waals surface area contributed by atoms with E-state index >= 15 is 0 Å². The average molecular weight is 277 g/mol. The van der Waals surface area contributed by atoms with Gasteiger partial charge in [0.15, 0.2) is 0 Å². The van der Waals surface area contributed by atoms with Gasteiger partial charge >= 0.3 is 0 Å². The lowest BCUT2D eigenvalue weighted by molar-refractivity contribution is -0.118. The molecule has 2 amide bonds. The van der Waals surface area contributed by atoms with Crippen LogP contribution < -0.4 is 16.0 Å². The molecule has 20 heavy (non-hydrogen) atoms. The molecular weight excluding hydrogens is 254 g/mol. The van der Waals surface area contributed by atoms with Crippen molar-refractivity contribution in [1.29, 1.82) is 0 Å². The van der Waals surface area contributed by atoms with Crippen LogP contribution in [0.15, 0.2) is 18.2 Å². The summed E-state index contributed by atoms with van der Waals surface area (Å²) < 4.78 is 0. The number of rotatable bonds is 7. The van der Waals surface area contributed by atoms with E-state index in [-0.39, 0.29) is 11.8 Å². The Labute approximate surface area is 120 Å². The maximum atomic E-state index is 12.2.